The van der Waals surface area contributed by atoms with E-state index in [2.05, 4.69) is 47.2 Å². The van der Waals surface area contributed by atoms with Crippen molar-refractivity contribution in [3.63, 3.8) is 0 Å². The first kappa shape index (κ1) is 16.6. The number of nitrogens with zero attached hydrogens (tertiary/aromatic N) is 4. The molecule has 0 spiro atoms. The van der Waals surface area contributed by atoms with Crippen LogP contribution in [0.15, 0.2) is 58.8 Å². The van der Waals surface area contributed by atoms with Crippen LogP contribution < -0.4 is 0 Å². The third kappa shape index (κ3) is 2.67. The zero-order valence-corrected chi connectivity index (χ0v) is 16.3. The molecule has 2 aromatic heterocycles. The maximum Gasteiger partial charge on any atom is 0.213 e. The van der Waals surface area contributed by atoms with E-state index < -0.39 is 0 Å². The van der Waals surface area contributed by atoms with Crippen LogP contribution in [-0.4, -0.2) is 30.8 Å². The molecule has 1 N–H and O–H groups in total. The second kappa shape index (κ2) is 6.25. The molecule has 5 rings (SSSR count). The van der Waals surface area contributed by atoms with Gasteiger partial charge in [0.2, 0.25) is 5.16 Å². The number of halogens is 1. The summed E-state index contributed by atoms with van der Waals surface area (Å²) in [6.07, 6.45) is 0. The number of para-hydroxylation sites is 1. The molecule has 2 aromatic carbocycles. The van der Waals surface area contributed by atoms with Crippen LogP contribution in [0.1, 0.15) is 18.2 Å². The molecule has 0 saturated carbocycles. The highest BCUT2D eigenvalue weighted by Gasteiger charge is 2.28. The van der Waals surface area contributed by atoms with Gasteiger partial charge in [-0.3, -0.25) is 0 Å². The van der Waals surface area contributed by atoms with Crippen molar-refractivity contribution in [2.45, 2.75) is 24.3 Å². The molecule has 1 aliphatic heterocycles. The number of aromatic nitrogens is 4. The van der Waals surface area contributed by atoms with E-state index in [1.165, 1.54) is 5.39 Å². The maximum atomic E-state index is 6.16. The third-order valence-corrected chi connectivity index (χ3v) is 6.00. The Morgan fingerprint density at radius 3 is 2.81 bits per heavy atom. The molecule has 0 aliphatic carbocycles. The molecule has 3 heterocycles. The van der Waals surface area contributed by atoms with E-state index in [1.807, 2.05) is 35.0 Å². The lowest BCUT2D eigenvalue weighted by atomic mass is 10.0. The number of nitrogens with one attached hydrogen (secondary N) is 1. The lowest BCUT2D eigenvalue weighted by Gasteiger charge is -2.20. The highest BCUT2D eigenvalue weighted by atomic mass is 35.5. The molecule has 0 fully saturated rings. The van der Waals surface area contributed by atoms with Crippen LogP contribution >= 0.6 is 23.4 Å². The Morgan fingerprint density at radius 2 is 1.96 bits per heavy atom. The molecule has 0 bridgehead atoms. The van der Waals surface area contributed by atoms with E-state index in [-0.39, 0.29) is 5.25 Å². The van der Waals surface area contributed by atoms with Gasteiger partial charge >= 0.3 is 0 Å². The number of hydrogen-bond donors (Lipinski definition) is 1. The van der Waals surface area contributed by atoms with Gasteiger partial charge in [-0.25, -0.2) is 0 Å². The molecule has 27 heavy (non-hydrogen) atoms. The minimum absolute atomic E-state index is 0.173. The Hall–Kier alpha value is -2.57. The van der Waals surface area contributed by atoms with Gasteiger partial charge < -0.3 is 4.98 Å². The molecule has 1 aliphatic rings. The first-order valence-corrected chi connectivity index (χ1v) is 9.92. The standard InChI is InChI=1S/C20H16ClN5S/c1-11-17(15-8-3-4-9-16(15)22-11)18-12(2)27-20-24-23-19(26(20)25-18)13-6-5-7-14(21)10-13/h3-10,12,22H,1-2H3/t12-/m0/s1. The molecule has 0 unspecified atom stereocenters. The van der Waals surface area contributed by atoms with Gasteiger partial charge in [0.1, 0.15) is 0 Å². The number of rotatable bonds is 2. The largest absolute Gasteiger partial charge is 0.358 e. The Balaban J connectivity index is 1.71. The van der Waals surface area contributed by atoms with Gasteiger partial charge in [0, 0.05) is 32.7 Å². The van der Waals surface area contributed by atoms with Gasteiger partial charge in [0.05, 0.1) is 11.0 Å². The fourth-order valence-corrected chi connectivity index (χ4v) is 4.60. The van der Waals surface area contributed by atoms with Gasteiger partial charge in [-0.2, -0.15) is 9.78 Å². The van der Waals surface area contributed by atoms with Crippen LogP contribution in [-0.2, 0) is 0 Å². The molecule has 5 nitrogen and oxygen atoms in total. The van der Waals surface area contributed by atoms with Crippen molar-refractivity contribution in [3.05, 3.63) is 64.8 Å². The van der Waals surface area contributed by atoms with Crippen molar-refractivity contribution in [1.29, 1.82) is 0 Å². The van der Waals surface area contributed by atoms with Crippen LogP contribution in [0.2, 0.25) is 5.02 Å². The Kier molecular flexibility index (Phi) is 3.84. The Bertz CT molecular complexity index is 1210. The zero-order valence-electron chi connectivity index (χ0n) is 14.8. The Labute approximate surface area is 165 Å². The second-order valence-corrected chi connectivity index (χ2v) is 8.29. The molecule has 134 valence electrons. The fourth-order valence-electron chi connectivity index (χ4n) is 3.50. The number of aromatic amines is 1. The quantitative estimate of drug-likeness (QED) is 0.513. The van der Waals surface area contributed by atoms with Crippen LogP contribution in [0.5, 0.6) is 0 Å². The smallest absolute Gasteiger partial charge is 0.213 e. The summed E-state index contributed by atoms with van der Waals surface area (Å²) >= 11 is 7.83. The van der Waals surface area contributed by atoms with Gasteiger partial charge in [0.25, 0.3) is 0 Å². The summed E-state index contributed by atoms with van der Waals surface area (Å²) in [5.41, 5.74) is 5.31. The third-order valence-electron chi connectivity index (χ3n) is 4.72. The first-order chi connectivity index (χ1) is 13.1. The zero-order chi connectivity index (χ0) is 18.5. The van der Waals surface area contributed by atoms with E-state index >= 15 is 0 Å². The van der Waals surface area contributed by atoms with Gasteiger partial charge in [0.15, 0.2) is 5.82 Å². The van der Waals surface area contributed by atoms with Gasteiger partial charge in [-0.1, -0.05) is 53.7 Å². The van der Waals surface area contributed by atoms with Crippen LogP contribution in [0, 0.1) is 6.92 Å². The SMILES string of the molecule is Cc1[nH]c2ccccc2c1C1=Nn2c(nnc2-c2cccc(Cl)c2)S[C@H]1C. The summed E-state index contributed by atoms with van der Waals surface area (Å²) in [5.74, 6) is 0.696. The van der Waals surface area contributed by atoms with E-state index in [1.54, 1.807) is 11.8 Å². The number of fused-ring (bicyclic) bond motifs is 2. The van der Waals surface area contributed by atoms with Crippen LogP contribution in [0.25, 0.3) is 22.3 Å². The van der Waals surface area contributed by atoms with Crippen molar-refractivity contribution in [3.8, 4) is 11.4 Å². The summed E-state index contributed by atoms with van der Waals surface area (Å²) < 4.78 is 1.83. The minimum Gasteiger partial charge on any atom is -0.358 e. The van der Waals surface area contributed by atoms with E-state index in [0.29, 0.717) is 10.8 Å². The summed E-state index contributed by atoms with van der Waals surface area (Å²) in [6.45, 7) is 4.25. The predicted molar refractivity (Wildman–Crippen MR) is 111 cm³/mol. The van der Waals surface area contributed by atoms with E-state index in [9.17, 15) is 0 Å². The van der Waals surface area contributed by atoms with Crippen molar-refractivity contribution in [2.75, 3.05) is 0 Å². The van der Waals surface area contributed by atoms with Crippen molar-refractivity contribution in [2.24, 2.45) is 5.10 Å². The predicted octanol–water partition coefficient (Wildman–Crippen LogP) is 5.13. The van der Waals surface area contributed by atoms with Gasteiger partial charge in [-0.15, -0.1) is 10.2 Å². The molecule has 1 atom stereocenters. The average molecular weight is 394 g/mol. The molecule has 0 saturated heterocycles. The summed E-state index contributed by atoms with van der Waals surface area (Å²) in [5, 5.41) is 16.5. The number of thioether (sulfide) groups is 1. The van der Waals surface area contributed by atoms with Gasteiger partial charge in [-0.05, 0) is 32.0 Å². The maximum absolute atomic E-state index is 6.16. The van der Waals surface area contributed by atoms with Crippen LogP contribution in [0.3, 0.4) is 0 Å². The van der Waals surface area contributed by atoms with Crippen molar-refractivity contribution >= 4 is 40.0 Å². The molecule has 7 heteroatoms. The topological polar surface area (TPSA) is 58.9 Å². The van der Waals surface area contributed by atoms with Crippen LogP contribution in [0.4, 0.5) is 0 Å². The second-order valence-electron chi connectivity index (χ2n) is 6.54. The number of hydrogen-bond acceptors (Lipinski definition) is 4. The number of benzene rings is 2. The summed E-state index contributed by atoms with van der Waals surface area (Å²) in [7, 11) is 0. The normalized spacial score (nSPS) is 16.4. The highest BCUT2D eigenvalue weighted by molar-refractivity contribution is 8.00. The molecular weight excluding hydrogens is 378 g/mol. The molecule has 0 radical (unpaired) electrons. The monoisotopic (exact) mass is 393 g/mol. The summed E-state index contributed by atoms with van der Waals surface area (Å²) in [6, 6.07) is 15.9. The highest BCUT2D eigenvalue weighted by Crippen LogP contribution is 2.35. The molecule has 0 amide bonds. The summed E-state index contributed by atoms with van der Waals surface area (Å²) in [4.78, 5) is 3.47. The first-order valence-electron chi connectivity index (χ1n) is 8.66. The number of H-pyrrole nitrogens is 1. The molecule has 4 aromatic rings. The Morgan fingerprint density at radius 1 is 1.11 bits per heavy atom. The minimum atomic E-state index is 0.173. The molecular formula is C20H16ClN5S. The van der Waals surface area contributed by atoms with Crippen molar-refractivity contribution < 1.29 is 0 Å². The fraction of sp³-hybridized carbons (Fsp3) is 0.150. The van der Waals surface area contributed by atoms with E-state index in [4.69, 9.17) is 16.7 Å². The van der Waals surface area contributed by atoms with Crippen molar-refractivity contribution in [1.82, 2.24) is 19.9 Å². The number of aryl methyl sites for hydroxylation is 1. The average Bonchev–Trinajstić information content (AvgIpc) is 3.20. The lowest BCUT2D eigenvalue weighted by Crippen LogP contribution is -2.22. The lowest BCUT2D eigenvalue weighted by molar-refractivity contribution is 0.754. The van der Waals surface area contributed by atoms with E-state index in [0.717, 1.165) is 33.2 Å².